The first-order valence-corrected chi connectivity index (χ1v) is 11.3. The van der Waals surface area contributed by atoms with Crippen molar-refractivity contribution in [2.45, 2.75) is 43.3 Å². The van der Waals surface area contributed by atoms with Gasteiger partial charge in [-0.2, -0.15) is 0 Å². The first-order chi connectivity index (χ1) is 13.8. The number of sulfone groups is 1. The molecule has 0 aliphatic carbocycles. The van der Waals surface area contributed by atoms with Gasteiger partial charge in [0.2, 0.25) is 0 Å². The zero-order valence-electron chi connectivity index (χ0n) is 16.9. The summed E-state index contributed by atoms with van der Waals surface area (Å²) in [5, 5.41) is 0. The van der Waals surface area contributed by atoms with Crippen LogP contribution in [0.15, 0.2) is 78.2 Å². The van der Waals surface area contributed by atoms with Gasteiger partial charge in [-0.15, -0.1) is 6.58 Å². The van der Waals surface area contributed by atoms with Crippen LogP contribution < -0.4 is 0 Å². The lowest BCUT2D eigenvalue weighted by Gasteiger charge is -2.24. The summed E-state index contributed by atoms with van der Waals surface area (Å²) in [6, 6.07) is 18.3. The highest BCUT2D eigenvalue weighted by molar-refractivity contribution is 7.91. The number of ether oxygens (including phenoxy) is 3. The van der Waals surface area contributed by atoms with Gasteiger partial charge in [-0.3, -0.25) is 0 Å². The first kappa shape index (κ1) is 21.7. The van der Waals surface area contributed by atoms with E-state index in [4.69, 9.17) is 14.2 Å². The molecule has 1 saturated heterocycles. The second-order valence-electron chi connectivity index (χ2n) is 7.63. The van der Waals surface area contributed by atoms with Crippen LogP contribution in [-0.2, 0) is 30.7 Å². The summed E-state index contributed by atoms with van der Waals surface area (Å²) >= 11 is 0. The highest BCUT2D eigenvalue weighted by atomic mass is 32.2. The van der Waals surface area contributed by atoms with Crippen LogP contribution >= 0.6 is 0 Å². The zero-order chi connectivity index (χ0) is 20.9. The molecule has 1 aliphatic heterocycles. The maximum Gasteiger partial charge on any atom is 0.179 e. The molecule has 0 bridgehead atoms. The SMILES string of the molecule is C=C[C@H](CS(=O)(=O)c1ccccc1)[C@H]1OC(C)(C)O[C@@H]1COCc1ccccc1. The Kier molecular flexibility index (Phi) is 6.90. The van der Waals surface area contributed by atoms with Gasteiger partial charge in [0.25, 0.3) is 0 Å². The molecular formula is C23H28O5S. The maximum absolute atomic E-state index is 12.8. The molecule has 0 saturated carbocycles. The fourth-order valence-corrected chi connectivity index (χ4v) is 5.09. The average Bonchev–Trinajstić information content (AvgIpc) is 3.02. The second-order valence-corrected chi connectivity index (χ2v) is 9.67. The minimum absolute atomic E-state index is 0.0974. The van der Waals surface area contributed by atoms with Gasteiger partial charge in [0, 0.05) is 5.92 Å². The van der Waals surface area contributed by atoms with E-state index in [0.717, 1.165) is 5.56 Å². The normalized spacial score (nSPS) is 22.3. The molecule has 1 fully saturated rings. The molecule has 2 aromatic rings. The van der Waals surface area contributed by atoms with Crippen LogP contribution in [0.3, 0.4) is 0 Å². The van der Waals surface area contributed by atoms with Crippen molar-refractivity contribution in [3.8, 4) is 0 Å². The zero-order valence-corrected chi connectivity index (χ0v) is 17.7. The van der Waals surface area contributed by atoms with E-state index in [1.165, 1.54) is 0 Å². The van der Waals surface area contributed by atoms with Crippen molar-refractivity contribution < 1.29 is 22.6 Å². The summed E-state index contributed by atoms with van der Waals surface area (Å²) in [7, 11) is -3.48. The molecule has 5 nitrogen and oxygen atoms in total. The van der Waals surface area contributed by atoms with E-state index in [1.54, 1.807) is 36.4 Å². The number of hydrogen-bond acceptors (Lipinski definition) is 5. The summed E-state index contributed by atoms with van der Waals surface area (Å²) in [6.45, 7) is 8.26. The van der Waals surface area contributed by atoms with Crippen LogP contribution in [0, 0.1) is 5.92 Å². The molecule has 0 radical (unpaired) electrons. The molecule has 0 aromatic heterocycles. The van der Waals surface area contributed by atoms with Gasteiger partial charge >= 0.3 is 0 Å². The number of benzene rings is 2. The Balaban J connectivity index is 1.69. The van der Waals surface area contributed by atoms with Gasteiger partial charge in [-0.05, 0) is 31.5 Å². The standard InChI is InChI=1S/C23H28O5S/c1-4-19(17-29(24,25)20-13-9-6-10-14-20)22-21(27-23(2,3)28-22)16-26-15-18-11-7-5-8-12-18/h4-14,19,21-22H,1,15-17H2,2-3H3/t19-,21-,22-/m1/s1. The Labute approximate surface area is 173 Å². The van der Waals surface area contributed by atoms with Crippen molar-refractivity contribution in [1.29, 1.82) is 0 Å². The second kappa shape index (κ2) is 9.22. The van der Waals surface area contributed by atoms with Crippen LogP contribution in [0.1, 0.15) is 19.4 Å². The fourth-order valence-electron chi connectivity index (χ4n) is 3.50. The molecule has 3 atom stereocenters. The maximum atomic E-state index is 12.8. The summed E-state index contributed by atoms with van der Waals surface area (Å²) < 4.78 is 43.6. The van der Waals surface area contributed by atoms with Crippen molar-refractivity contribution in [2.24, 2.45) is 5.92 Å². The molecule has 1 aliphatic rings. The molecule has 0 N–H and O–H groups in total. The minimum atomic E-state index is -3.48. The largest absolute Gasteiger partial charge is 0.374 e. The van der Waals surface area contributed by atoms with Gasteiger partial charge in [0.1, 0.15) is 6.10 Å². The number of hydrogen-bond donors (Lipinski definition) is 0. The van der Waals surface area contributed by atoms with Crippen LogP contribution in [0.2, 0.25) is 0 Å². The van der Waals surface area contributed by atoms with E-state index in [2.05, 4.69) is 6.58 Å². The van der Waals surface area contributed by atoms with E-state index in [9.17, 15) is 8.42 Å². The molecule has 0 amide bonds. The summed E-state index contributed by atoms with van der Waals surface area (Å²) in [5.41, 5.74) is 1.06. The van der Waals surface area contributed by atoms with E-state index in [1.807, 2.05) is 44.2 Å². The highest BCUT2D eigenvalue weighted by Crippen LogP contribution is 2.34. The molecule has 1 heterocycles. The van der Waals surface area contributed by atoms with Crippen molar-refractivity contribution in [2.75, 3.05) is 12.4 Å². The fraction of sp³-hybridized carbons (Fsp3) is 0.391. The van der Waals surface area contributed by atoms with Gasteiger partial charge in [-0.1, -0.05) is 54.6 Å². The third-order valence-corrected chi connectivity index (χ3v) is 6.67. The van der Waals surface area contributed by atoms with Crippen molar-refractivity contribution in [3.63, 3.8) is 0 Å². The molecule has 0 spiro atoms. The highest BCUT2D eigenvalue weighted by Gasteiger charge is 2.45. The van der Waals surface area contributed by atoms with Crippen LogP contribution in [0.25, 0.3) is 0 Å². The predicted molar refractivity (Wildman–Crippen MR) is 112 cm³/mol. The number of rotatable bonds is 9. The topological polar surface area (TPSA) is 61.8 Å². The first-order valence-electron chi connectivity index (χ1n) is 9.68. The molecule has 6 heteroatoms. The van der Waals surface area contributed by atoms with E-state index < -0.39 is 27.6 Å². The van der Waals surface area contributed by atoms with E-state index in [0.29, 0.717) is 18.1 Å². The lowest BCUT2D eigenvalue weighted by molar-refractivity contribution is -0.152. The lowest BCUT2D eigenvalue weighted by Crippen LogP contribution is -2.37. The van der Waals surface area contributed by atoms with E-state index in [-0.39, 0.29) is 11.9 Å². The Morgan fingerprint density at radius 3 is 2.31 bits per heavy atom. The van der Waals surface area contributed by atoms with Gasteiger partial charge in [0.05, 0.1) is 30.0 Å². The Hall–Kier alpha value is -1.99. The van der Waals surface area contributed by atoms with Gasteiger partial charge in [0.15, 0.2) is 15.6 Å². The van der Waals surface area contributed by atoms with Gasteiger partial charge < -0.3 is 14.2 Å². The Morgan fingerprint density at radius 1 is 1.07 bits per heavy atom. The van der Waals surface area contributed by atoms with Crippen LogP contribution in [-0.4, -0.2) is 38.8 Å². The summed E-state index contributed by atoms with van der Waals surface area (Å²) in [5.74, 6) is -1.34. The van der Waals surface area contributed by atoms with Crippen LogP contribution in [0.4, 0.5) is 0 Å². The Morgan fingerprint density at radius 2 is 1.69 bits per heavy atom. The van der Waals surface area contributed by atoms with E-state index >= 15 is 0 Å². The van der Waals surface area contributed by atoms with Crippen molar-refractivity contribution >= 4 is 9.84 Å². The third-order valence-electron chi connectivity index (χ3n) is 4.85. The molecule has 3 rings (SSSR count). The van der Waals surface area contributed by atoms with Gasteiger partial charge in [-0.25, -0.2) is 8.42 Å². The molecule has 29 heavy (non-hydrogen) atoms. The van der Waals surface area contributed by atoms with Crippen molar-refractivity contribution in [1.82, 2.24) is 0 Å². The predicted octanol–water partition coefficient (Wildman–Crippen LogP) is 4.00. The molecule has 156 valence electrons. The quantitative estimate of drug-likeness (QED) is 0.578. The monoisotopic (exact) mass is 416 g/mol. The Bertz CT molecular complexity index is 893. The summed E-state index contributed by atoms with van der Waals surface area (Å²) in [4.78, 5) is 0.293. The average molecular weight is 417 g/mol. The third kappa shape index (κ3) is 5.76. The smallest absolute Gasteiger partial charge is 0.179 e. The molecule has 0 unspecified atom stereocenters. The molecule has 2 aromatic carbocycles. The van der Waals surface area contributed by atoms with Crippen LogP contribution in [0.5, 0.6) is 0 Å². The molecular weight excluding hydrogens is 388 g/mol. The summed E-state index contributed by atoms with van der Waals surface area (Å²) in [6.07, 6.45) is 0.791. The lowest BCUT2D eigenvalue weighted by atomic mass is 10.0. The minimum Gasteiger partial charge on any atom is -0.374 e. The van der Waals surface area contributed by atoms with Crippen molar-refractivity contribution in [3.05, 3.63) is 78.9 Å².